The van der Waals surface area contributed by atoms with Crippen LogP contribution in [-0.2, 0) is 9.53 Å². The van der Waals surface area contributed by atoms with Gasteiger partial charge in [-0.3, -0.25) is 5.43 Å². The zero-order valence-electron chi connectivity index (χ0n) is 13.9. The van der Waals surface area contributed by atoms with Gasteiger partial charge in [-0.1, -0.05) is 6.07 Å². The fraction of sp³-hybridized carbons (Fsp3) is 0.375. The van der Waals surface area contributed by atoms with Gasteiger partial charge in [0.25, 0.3) is 0 Å². The molecule has 1 unspecified atom stereocenters. The van der Waals surface area contributed by atoms with Crippen LogP contribution in [0.2, 0.25) is 0 Å². The van der Waals surface area contributed by atoms with E-state index in [2.05, 4.69) is 15.7 Å². The lowest BCUT2D eigenvalue weighted by Crippen LogP contribution is -2.44. The van der Waals surface area contributed by atoms with Crippen LogP contribution in [0.25, 0.3) is 0 Å². The summed E-state index contributed by atoms with van der Waals surface area (Å²) in [5.74, 6) is 5.66. The maximum Gasteiger partial charge on any atom is 0.338 e. The summed E-state index contributed by atoms with van der Waals surface area (Å²) in [5.41, 5.74) is 4.09. The molecule has 0 bridgehead atoms. The third-order valence-corrected chi connectivity index (χ3v) is 3.47. The number of aliphatic imine (C=N–C) groups is 1. The molecule has 1 aromatic rings. The number of nitrogens with zero attached hydrogens (tertiary/aromatic N) is 1. The number of phenolic OH excluding ortho intramolecular Hbond substituents is 1. The van der Waals surface area contributed by atoms with Gasteiger partial charge in [0.1, 0.15) is 6.04 Å². The number of carbonyl (C=O) groups excluding carboxylic acids is 1. The summed E-state index contributed by atoms with van der Waals surface area (Å²) >= 11 is 0. The summed E-state index contributed by atoms with van der Waals surface area (Å²) in [7, 11) is 0. The number of nitrogens with one attached hydrogen (secondary N) is 2. The largest absolute Gasteiger partial charge is 0.504 e. The van der Waals surface area contributed by atoms with Crippen molar-refractivity contribution in [1.29, 1.82) is 0 Å². The van der Waals surface area contributed by atoms with Crippen LogP contribution < -0.4 is 21.3 Å². The summed E-state index contributed by atoms with van der Waals surface area (Å²) < 4.78 is 10.5. The smallest absolute Gasteiger partial charge is 0.338 e. The number of hydrazine groups is 1. The van der Waals surface area contributed by atoms with Crippen molar-refractivity contribution < 1.29 is 19.4 Å². The molecule has 0 aromatic heterocycles. The highest BCUT2D eigenvalue weighted by Gasteiger charge is 2.30. The molecule has 0 radical (unpaired) electrons. The van der Waals surface area contributed by atoms with Gasteiger partial charge in [-0.25, -0.2) is 15.6 Å². The van der Waals surface area contributed by atoms with Crippen molar-refractivity contribution in [2.24, 2.45) is 10.8 Å². The lowest BCUT2D eigenvalue weighted by molar-refractivity contribution is -0.138. The van der Waals surface area contributed by atoms with Gasteiger partial charge in [0.05, 0.1) is 18.8 Å². The quantitative estimate of drug-likeness (QED) is 0.362. The number of allylic oxidation sites excluding steroid dienone is 1. The average molecular weight is 334 g/mol. The van der Waals surface area contributed by atoms with Crippen LogP contribution in [-0.4, -0.2) is 30.2 Å². The molecule has 0 fully saturated rings. The number of hydrogen-bond donors (Lipinski definition) is 4. The van der Waals surface area contributed by atoms with Crippen molar-refractivity contribution in [2.75, 3.05) is 13.2 Å². The molecule has 5 N–H and O–H groups in total. The Bertz CT molecular complexity index is 685. The molecule has 2 rings (SSSR count). The first kappa shape index (κ1) is 17.6. The molecule has 0 saturated carbocycles. The van der Waals surface area contributed by atoms with E-state index in [9.17, 15) is 9.90 Å². The first-order valence-electron chi connectivity index (χ1n) is 7.66. The minimum absolute atomic E-state index is 0.0223. The Hall–Kier alpha value is -2.74. The molecule has 1 aliphatic heterocycles. The van der Waals surface area contributed by atoms with Gasteiger partial charge in [-0.15, -0.1) is 0 Å². The second kappa shape index (κ2) is 7.69. The predicted octanol–water partition coefficient (Wildman–Crippen LogP) is 1.09. The minimum atomic E-state index is -0.629. The van der Waals surface area contributed by atoms with Crippen LogP contribution in [0.1, 0.15) is 32.4 Å². The highest BCUT2D eigenvalue weighted by Crippen LogP contribution is 2.36. The molecule has 0 aliphatic carbocycles. The molecule has 1 atom stereocenters. The van der Waals surface area contributed by atoms with Crippen LogP contribution >= 0.6 is 0 Å². The van der Waals surface area contributed by atoms with E-state index < -0.39 is 12.0 Å². The van der Waals surface area contributed by atoms with E-state index in [4.69, 9.17) is 15.3 Å². The summed E-state index contributed by atoms with van der Waals surface area (Å²) in [6.45, 7) is 5.97. The number of hydrogen-bond acceptors (Lipinski definition) is 8. The van der Waals surface area contributed by atoms with Crippen molar-refractivity contribution in [3.8, 4) is 11.5 Å². The summed E-state index contributed by atoms with van der Waals surface area (Å²) in [5, 5.41) is 12.8. The number of aromatic hydroxyl groups is 1. The van der Waals surface area contributed by atoms with E-state index in [1.165, 1.54) is 6.07 Å². The molecule has 1 aromatic carbocycles. The third kappa shape index (κ3) is 3.60. The number of esters is 1. The number of rotatable bonds is 5. The molecule has 0 saturated heterocycles. The lowest BCUT2D eigenvalue weighted by Gasteiger charge is -2.26. The van der Waals surface area contributed by atoms with Crippen LogP contribution in [0, 0.1) is 0 Å². The van der Waals surface area contributed by atoms with E-state index in [-0.39, 0.29) is 12.4 Å². The molecule has 1 heterocycles. The van der Waals surface area contributed by atoms with Gasteiger partial charge in [0.2, 0.25) is 5.96 Å². The van der Waals surface area contributed by atoms with E-state index in [0.29, 0.717) is 35.1 Å². The van der Waals surface area contributed by atoms with Gasteiger partial charge < -0.3 is 19.9 Å². The highest BCUT2D eigenvalue weighted by atomic mass is 16.5. The third-order valence-electron chi connectivity index (χ3n) is 3.47. The molecule has 0 spiro atoms. The molecule has 130 valence electrons. The van der Waals surface area contributed by atoms with Crippen LogP contribution in [0.4, 0.5) is 0 Å². The summed E-state index contributed by atoms with van der Waals surface area (Å²) in [6, 6.07) is 4.21. The first-order chi connectivity index (χ1) is 11.5. The van der Waals surface area contributed by atoms with Crippen LogP contribution in [0.5, 0.6) is 11.5 Å². The van der Waals surface area contributed by atoms with Gasteiger partial charge in [0.15, 0.2) is 11.5 Å². The highest BCUT2D eigenvalue weighted by molar-refractivity contribution is 5.95. The Balaban J connectivity index is 2.49. The molecular weight excluding hydrogens is 312 g/mol. The maximum atomic E-state index is 12.3. The normalized spacial score (nSPS) is 17.0. The van der Waals surface area contributed by atoms with Crippen molar-refractivity contribution in [3.63, 3.8) is 0 Å². The van der Waals surface area contributed by atoms with Crippen molar-refractivity contribution in [2.45, 2.75) is 26.8 Å². The van der Waals surface area contributed by atoms with E-state index in [0.717, 1.165) is 0 Å². The number of ether oxygens (including phenoxy) is 2. The second-order valence-corrected chi connectivity index (χ2v) is 5.07. The average Bonchev–Trinajstić information content (AvgIpc) is 2.56. The zero-order valence-corrected chi connectivity index (χ0v) is 13.9. The number of nitrogens with two attached hydrogens (primary N) is 1. The summed E-state index contributed by atoms with van der Waals surface area (Å²) in [4.78, 5) is 16.8. The molecular formula is C16H22N4O4. The molecule has 0 amide bonds. The summed E-state index contributed by atoms with van der Waals surface area (Å²) in [6.07, 6.45) is 0. The van der Waals surface area contributed by atoms with Crippen LogP contribution in [0.15, 0.2) is 34.5 Å². The minimum Gasteiger partial charge on any atom is -0.504 e. The Kier molecular flexibility index (Phi) is 5.64. The topological polar surface area (TPSA) is 118 Å². The SMILES string of the molecule is CCOC(=O)C1=C(C)NC(NN)=NC1c1ccc(O)c(OCC)c1. The Labute approximate surface area is 140 Å². The molecule has 24 heavy (non-hydrogen) atoms. The zero-order chi connectivity index (χ0) is 17.7. The Morgan fingerprint density at radius 3 is 2.79 bits per heavy atom. The van der Waals surface area contributed by atoms with Gasteiger partial charge >= 0.3 is 5.97 Å². The Morgan fingerprint density at radius 2 is 2.17 bits per heavy atom. The van der Waals surface area contributed by atoms with Crippen molar-refractivity contribution in [1.82, 2.24) is 10.7 Å². The second-order valence-electron chi connectivity index (χ2n) is 5.07. The van der Waals surface area contributed by atoms with Crippen molar-refractivity contribution >= 4 is 11.9 Å². The van der Waals surface area contributed by atoms with E-state index in [1.807, 2.05) is 6.92 Å². The number of carbonyl (C=O) groups is 1. The van der Waals surface area contributed by atoms with Crippen molar-refractivity contribution in [3.05, 3.63) is 35.0 Å². The number of benzene rings is 1. The molecule has 1 aliphatic rings. The fourth-order valence-corrected chi connectivity index (χ4v) is 2.44. The number of guanidine groups is 1. The van der Waals surface area contributed by atoms with Gasteiger partial charge in [0, 0.05) is 5.70 Å². The van der Waals surface area contributed by atoms with E-state index >= 15 is 0 Å². The Morgan fingerprint density at radius 1 is 1.42 bits per heavy atom. The first-order valence-corrected chi connectivity index (χ1v) is 7.66. The van der Waals surface area contributed by atoms with E-state index in [1.54, 1.807) is 26.0 Å². The van der Waals surface area contributed by atoms with Gasteiger partial charge in [-0.05, 0) is 38.5 Å². The van der Waals surface area contributed by atoms with Crippen LogP contribution in [0.3, 0.4) is 0 Å². The predicted molar refractivity (Wildman–Crippen MR) is 89.2 cm³/mol. The standard InChI is InChI=1S/C16H22N4O4/c1-4-23-12-8-10(6-7-11(12)21)14-13(15(22)24-5-2)9(3)18-16(19-14)20-17/h6-8,14,21H,4-5,17H2,1-3H3,(H2,18,19,20). The monoisotopic (exact) mass is 334 g/mol. The number of phenols is 1. The molecule has 8 heteroatoms. The lowest BCUT2D eigenvalue weighted by atomic mass is 9.96. The maximum absolute atomic E-state index is 12.3. The molecule has 8 nitrogen and oxygen atoms in total. The van der Waals surface area contributed by atoms with Gasteiger partial charge in [-0.2, -0.15) is 0 Å². The fourth-order valence-electron chi connectivity index (χ4n) is 2.44.